The third-order valence-electron chi connectivity index (χ3n) is 1.35. The quantitative estimate of drug-likeness (QED) is 0.803. The molecule has 11 heavy (non-hydrogen) atoms. The van der Waals surface area contributed by atoms with Crippen LogP contribution in [0.1, 0.15) is 0 Å². The van der Waals surface area contributed by atoms with Crippen molar-refractivity contribution in [3.05, 3.63) is 21.3 Å². The van der Waals surface area contributed by atoms with E-state index in [4.69, 9.17) is 0 Å². The summed E-state index contributed by atoms with van der Waals surface area (Å²) in [6.45, 7) is 0. The van der Waals surface area contributed by atoms with Gasteiger partial charge < -0.3 is 0 Å². The molecule has 0 unspecified atom stereocenters. The minimum Gasteiger partial charge on any atom is -0.269 e. The Kier molecular flexibility index (Phi) is 1.69. The van der Waals surface area contributed by atoms with Gasteiger partial charge in [0.1, 0.15) is 15.6 Å². The average molecular weight is 277 g/mol. The van der Waals surface area contributed by atoms with Crippen LogP contribution in [0.15, 0.2) is 21.3 Å². The molecule has 1 N–H and O–H groups in total. The lowest BCUT2D eigenvalue weighted by Gasteiger charge is -1.88. The van der Waals surface area contributed by atoms with E-state index >= 15 is 0 Å². The van der Waals surface area contributed by atoms with Gasteiger partial charge in [0.05, 0.1) is 0 Å². The van der Waals surface area contributed by atoms with E-state index in [-0.39, 0.29) is 0 Å². The van der Waals surface area contributed by atoms with Crippen molar-refractivity contribution in [1.29, 1.82) is 0 Å². The van der Waals surface area contributed by atoms with Crippen LogP contribution in [0.2, 0.25) is 0 Å². The Labute approximate surface area is 79.5 Å². The molecular weight excluding hydrogens is 274 g/mol. The fraction of sp³-hybridized carbons (Fsp3) is 0. The minimum absolute atomic E-state index is 0.814. The molecule has 0 saturated carbocycles. The predicted octanol–water partition coefficient (Wildman–Crippen LogP) is 2.48. The Morgan fingerprint density at radius 3 is 2.82 bits per heavy atom. The van der Waals surface area contributed by atoms with Crippen molar-refractivity contribution in [2.24, 2.45) is 0 Å². The minimum atomic E-state index is 0.814. The average Bonchev–Trinajstić information content (AvgIpc) is 2.35. The van der Waals surface area contributed by atoms with Crippen molar-refractivity contribution in [2.45, 2.75) is 0 Å². The smallest absolute Gasteiger partial charge is 0.127 e. The van der Waals surface area contributed by atoms with Gasteiger partial charge in [-0.25, -0.2) is 0 Å². The second-order valence-corrected chi connectivity index (χ2v) is 3.67. The van der Waals surface area contributed by atoms with Crippen LogP contribution in [-0.2, 0) is 0 Å². The number of nitrogens with zero attached hydrogens (tertiary/aromatic N) is 2. The lowest BCUT2D eigenvalue weighted by Crippen LogP contribution is -1.74. The zero-order valence-electron chi connectivity index (χ0n) is 5.31. The molecule has 0 atom stereocenters. The van der Waals surface area contributed by atoms with E-state index in [0.29, 0.717) is 0 Å². The molecule has 5 heteroatoms. The van der Waals surface area contributed by atoms with Crippen molar-refractivity contribution in [1.82, 2.24) is 15.2 Å². The van der Waals surface area contributed by atoms with E-state index in [1.807, 2.05) is 6.07 Å². The van der Waals surface area contributed by atoms with Crippen LogP contribution in [-0.4, -0.2) is 15.2 Å². The number of hydrogen-bond donors (Lipinski definition) is 1. The summed E-state index contributed by atoms with van der Waals surface area (Å²) in [6, 6.07) is 1.86. The molecule has 2 aromatic heterocycles. The van der Waals surface area contributed by atoms with Crippen molar-refractivity contribution in [2.75, 3.05) is 0 Å². The summed E-state index contributed by atoms with van der Waals surface area (Å²) in [5.74, 6) is 0. The van der Waals surface area contributed by atoms with Crippen molar-refractivity contribution < 1.29 is 0 Å². The number of aromatic nitrogens is 3. The first-order chi connectivity index (χ1) is 5.29. The van der Waals surface area contributed by atoms with Gasteiger partial charge in [-0.15, -0.1) is 0 Å². The number of fused-ring (bicyclic) bond motifs is 1. The maximum absolute atomic E-state index is 4.13. The second-order valence-electron chi connectivity index (χ2n) is 2.03. The number of pyridine rings is 1. The van der Waals surface area contributed by atoms with Crippen molar-refractivity contribution >= 4 is 42.9 Å². The third-order valence-corrected chi connectivity index (χ3v) is 2.54. The van der Waals surface area contributed by atoms with Crippen LogP contribution < -0.4 is 0 Å². The van der Waals surface area contributed by atoms with Crippen molar-refractivity contribution in [3.63, 3.8) is 0 Å². The molecule has 0 aliphatic heterocycles. The number of aromatic amines is 1. The lowest BCUT2D eigenvalue weighted by molar-refractivity contribution is 1.09. The summed E-state index contributed by atoms with van der Waals surface area (Å²) in [6.07, 6.45) is 1.73. The van der Waals surface area contributed by atoms with E-state index in [1.54, 1.807) is 6.20 Å². The maximum atomic E-state index is 4.13. The topological polar surface area (TPSA) is 41.6 Å². The molecule has 2 aromatic rings. The zero-order chi connectivity index (χ0) is 7.84. The molecule has 0 saturated heterocycles. The first kappa shape index (κ1) is 7.24. The summed E-state index contributed by atoms with van der Waals surface area (Å²) in [7, 11) is 0. The van der Waals surface area contributed by atoms with Crippen LogP contribution in [0.5, 0.6) is 0 Å². The molecule has 0 spiro atoms. The molecule has 56 valence electrons. The molecule has 0 fully saturated rings. The Morgan fingerprint density at radius 2 is 2.09 bits per heavy atom. The summed E-state index contributed by atoms with van der Waals surface area (Å²) >= 11 is 6.67. The molecule has 0 aliphatic carbocycles. The molecule has 0 aliphatic rings. The number of H-pyrrole nitrogens is 1. The van der Waals surface area contributed by atoms with Gasteiger partial charge in [0, 0.05) is 10.7 Å². The highest BCUT2D eigenvalue weighted by molar-refractivity contribution is 9.11. The monoisotopic (exact) mass is 275 g/mol. The standard InChI is InChI=1S/C6H3Br2N3/c7-3-1-2-9-5-4(3)10-11-6(5)8/h1-2H,(H,10,11). The molecule has 0 amide bonds. The van der Waals surface area contributed by atoms with Gasteiger partial charge in [0.2, 0.25) is 0 Å². The third kappa shape index (κ3) is 1.08. The van der Waals surface area contributed by atoms with Crippen LogP contribution in [0.25, 0.3) is 11.0 Å². The van der Waals surface area contributed by atoms with Gasteiger partial charge in [-0.05, 0) is 37.9 Å². The van der Waals surface area contributed by atoms with Crippen LogP contribution >= 0.6 is 31.9 Å². The SMILES string of the molecule is Brc1ccnc2c(Br)[nH]nc12. The highest BCUT2D eigenvalue weighted by atomic mass is 79.9. The number of hydrogen-bond acceptors (Lipinski definition) is 2. The maximum Gasteiger partial charge on any atom is 0.127 e. The van der Waals surface area contributed by atoms with Gasteiger partial charge in [-0.3, -0.25) is 10.1 Å². The van der Waals surface area contributed by atoms with Crippen LogP contribution in [0.4, 0.5) is 0 Å². The first-order valence-corrected chi connectivity index (χ1v) is 4.51. The van der Waals surface area contributed by atoms with E-state index in [2.05, 4.69) is 47.0 Å². The molecule has 0 radical (unpaired) electrons. The summed E-state index contributed by atoms with van der Waals surface area (Å²) in [5.41, 5.74) is 1.69. The van der Waals surface area contributed by atoms with Crippen LogP contribution in [0, 0.1) is 0 Å². The Balaban J connectivity index is 2.94. The highest BCUT2D eigenvalue weighted by Gasteiger charge is 2.05. The summed E-state index contributed by atoms with van der Waals surface area (Å²) < 4.78 is 1.76. The molecule has 0 bridgehead atoms. The Hall–Kier alpha value is -0.420. The number of halogens is 2. The van der Waals surface area contributed by atoms with Crippen molar-refractivity contribution in [3.8, 4) is 0 Å². The molecule has 2 rings (SSSR count). The Bertz CT molecular complexity index is 396. The van der Waals surface area contributed by atoms with Crippen LogP contribution in [0.3, 0.4) is 0 Å². The predicted molar refractivity (Wildman–Crippen MR) is 49.3 cm³/mol. The van der Waals surface area contributed by atoms with E-state index in [0.717, 1.165) is 20.1 Å². The summed E-state index contributed by atoms with van der Waals surface area (Å²) in [5, 5.41) is 6.83. The largest absolute Gasteiger partial charge is 0.269 e. The molecular formula is C6H3Br2N3. The van der Waals surface area contributed by atoms with E-state index < -0.39 is 0 Å². The molecule has 3 nitrogen and oxygen atoms in total. The van der Waals surface area contributed by atoms with Gasteiger partial charge in [0.25, 0.3) is 0 Å². The molecule has 0 aromatic carbocycles. The van der Waals surface area contributed by atoms with Gasteiger partial charge in [-0.2, -0.15) is 5.10 Å². The van der Waals surface area contributed by atoms with Gasteiger partial charge >= 0.3 is 0 Å². The fourth-order valence-corrected chi connectivity index (χ4v) is 1.63. The normalized spacial score (nSPS) is 10.7. The number of nitrogens with one attached hydrogen (secondary N) is 1. The van der Waals surface area contributed by atoms with E-state index in [1.165, 1.54) is 0 Å². The van der Waals surface area contributed by atoms with E-state index in [9.17, 15) is 0 Å². The van der Waals surface area contributed by atoms with Gasteiger partial charge in [0.15, 0.2) is 0 Å². The lowest BCUT2D eigenvalue weighted by atomic mass is 10.4. The number of rotatable bonds is 0. The highest BCUT2D eigenvalue weighted by Crippen LogP contribution is 2.24. The summed E-state index contributed by atoms with van der Waals surface area (Å²) in [4.78, 5) is 4.13. The zero-order valence-corrected chi connectivity index (χ0v) is 8.48. The molecule has 2 heterocycles. The first-order valence-electron chi connectivity index (χ1n) is 2.93. The fourth-order valence-electron chi connectivity index (χ4n) is 0.855. The Morgan fingerprint density at radius 1 is 1.27 bits per heavy atom. The van der Waals surface area contributed by atoms with Gasteiger partial charge in [-0.1, -0.05) is 0 Å². The second kappa shape index (κ2) is 2.57.